The summed E-state index contributed by atoms with van der Waals surface area (Å²) in [5, 5.41) is 17.6. The average Bonchev–Trinajstić information content (AvgIpc) is 2.98. The first-order chi connectivity index (χ1) is 13.0. The number of β-amino-alcohol motifs (C(OH)–C–C–N with tert-alkyl or cyclic N) is 1. The second-order valence-corrected chi connectivity index (χ2v) is 7.75. The summed E-state index contributed by atoms with van der Waals surface area (Å²) >= 11 is 0. The molecule has 6 heteroatoms. The van der Waals surface area contributed by atoms with Gasteiger partial charge in [-0.15, -0.1) is 0 Å². The third kappa shape index (κ3) is 4.17. The molecule has 2 aliphatic heterocycles. The maximum atomic E-state index is 13.1. The Labute approximate surface area is 159 Å². The lowest BCUT2D eigenvalue weighted by molar-refractivity contribution is 0.0912. The highest BCUT2D eigenvalue weighted by Crippen LogP contribution is 2.35. The molecule has 0 spiro atoms. The van der Waals surface area contributed by atoms with Crippen LogP contribution >= 0.6 is 0 Å². The number of hydrogen-bond acceptors (Lipinski definition) is 5. The van der Waals surface area contributed by atoms with E-state index >= 15 is 0 Å². The Kier molecular flexibility index (Phi) is 4.93. The van der Waals surface area contributed by atoms with Crippen LogP contribution in [0.25, 0.3) is 0 Å². The Balaban J connectivity index is 1.26. The summed E-state index contributed by atoms with van der Waals surface area (Å²) in [5.41, 5.74) is 2.89. The minimum atomic E-state index is -0.415. The van der Waals surface area contributed by atoms with Gasteiger partial charge in [0.1, 0.15) is 11.5 Å². The van der Waals surface area contributed by atoms with Crippen molar-refractivity contribution < 1.29 is 9.50 Å². The Bertz CT molecular complexity index is 749. The molecule has 1 fully saturated rings. The Morgan fingerprint density at radius 1 is 1.00 bits per heavy atom. The fourth-order valence-electron chi connectivity index (χ4n) is 4.10. The van der Waals surface area contributed by atoms with E-state index in [1.54, 1.807) is 0 Å². The SMILES string of the molecule is CC1(CC(O)CN2CCN(c3ccc(F)cc3)CC2)Nc2ccccc2N1. The maximum absolute atomic E-state index is 13.1. The standard InChI is InChI=1S/C21H27FN4O/c1-21(23-19-4-2-3-5-20(19)24-21)14-18(27)15-25-10-12-26(13-11-25)17-8-6-16(22)7-9-17/h2-9,18,23-24,27H,10-15H2,1H3. The second kappa shape index (κ2) is 7.37. The smallest absolute Gasteiger partial charge is 0.123 e. The molecule has 0 bridgehead atoms. The molecule has 0 radical (unpaired) electrons. The topological polar surface area (TPSA) is 50.8 Å². The van der Waals surface area contributed by atoms with Crippen molar-refractivity contribution in [3.05, 3.63) is 54.3 Å². The number of halogens is 1. The number of benzene rings is 2. The molecule has 0 amide bonds. The minimum Gasteiger partial charge on any atom is -0.392 e. The number of anilines is 3. The number of nitrogens with one attached hydrogen (secondary N) is 2. The molecule has 0 aromatic heterocycles. The third-order valence-corrected chi connectivity index (χ3v) is 5.43. The van der Waals surface area contributed by atoms with Crippen molar-refractivity contribution in [1.29, 1.82) is 0 Å². The van der Waals surface area contributed by atoms with E-state index in [0.717, 1.165) is 43.2 Å². The van der Waals surface area contributed by atoms with Gasteiger partial charge in [-0.1, -0.05) is 12.1 Å². The first-order valence-corrected chi connectivity index (χ1v) is 9.57. The molecule has 2 aromatic rings. The lowest BCUT2D eigenvalue weighted by Crippen LogP contribution is -2.50. The van der Waals surface area contributed by atoms with Crippen LogP contribution in [0.5, 0.6) is 0 Å². The quantitative estimate of drug-likeness (QED) is 0.756. The molecular weight excluding hydrogens is 343 g/mol. The van der Waals surface area contributed by atoms with E-state index in [1.165, 1.54) is 12.1 Å². The first-order valence-electron chi connectivity index (χ1n) is 9.57. The van der Waals surface area contributed by atoms with Gasteiger partial charge in [-0.05, 0) is 43.3 Å². The Morgan fingerprint density at radius 3 is 2.19 bits per heavy atom. The van der Waals surface area contributed by atoms with Gasteiger partial charge in [0.15, 0.2) is 0 Å². The monoisotopic (exact) mass is 370 g/mol. The second-order valence-electron chi connectivity index (χ2n) is 7.75. The van der Waals surface area contributed by atoms with Crippen LogP contribution in [-0.2, 0) is 0 Å². The molecule has 5 nitrogen and oxygen atoms in total. The van der Waals surface area contributed by atoms with Crippen molar-refractivity contribution in [2.24, 2.45) is 0 Å². The Morgan fingerprint density at radius 2 is 1.59 bits per heavy atom. The van der Waals surface area contributed by atoms with Crippen LogP contribution in [0, 0.1) is 5.82 Å². The van der Waals surface area contributed by atoms with Gasteiger partial charge in [-0.2, -0.15) is 0 Å². The predicted molar refractivity (Wildman–Crippen MR) is 108 cm³/mol. The summed E-state index contributed by atoms with van der Waals surface area (Å²) in [6.07, 6.45) is 0.210. The van der Waals surface area contributed by atoms with E-state index in [-0.39, 0.29) is 11.5 Å². The van der Waals surface area contributed by atoms with Crippen LogP contribution in [0.15, 0.2) is 48.5 Å². The number of nitrogens with zero attached hydrogens (tertiary/aromatic N) is 2. The average molecular weight is 370 g/mol. The highest BCUT2D eigenvalue weighted by molar-refractivity contribution is 5.75. The molecule has 27 heavy (non-hydrogen) atoms. The van der Waals surface area contributed by atoms with Gasteiger partial charge >= 0.3 is 0 Å². The van der Waals surface area contributed by atoms with Gasteiger partial charge in [0.05, 0.1) is 17.5 Å². The van der Waals surface area contributed by atoms with Gasteiger partial charge in [-0.3, -0.25) is 4.90 Å². The molecule has 2 aliphatic rings. The summed E-state index contributed by atoms with van der Waals surface area (Å²) in [7, 11) is 0. The molecule has 1 atom stereocenters. The molecule has 3 N–H and O–H groups in total. The summed E-state index contributed by atoms with van der Waals surface area (Å²) in [4.78, 5) is 4.57. The highest BCUT2D eigenvalue weighted by atomic mass is 19.1. The summed E-state index contributed by atoms with van der Waals surface area (Å²) in [6.45, 7) is 6.31. The molecule has 1 saturated heterocycles. The van der Waals surface area contributed by atoms with Crippen LogP contribution in [0.1, 0.15) is 13.3 Å². The van der Waals surface area contributed by atoms with E-state index < -0.39 is 6.10 Å². The van der Waals surface area contributed by atoms with Crippen molar-refractivity contribution >= 4 is 17.1 Å². The zero-order chi connectivity index (χ0) is 18.9. The Hall–Kier alpha value is -2.31. The van der Waals surface area contributed by atoms with Gasteiger partial charge in [0.2, 0.25) is 0 Å². The third-order valence-electron chi connectivity index (χ3n) is 5.43. The maximum Gasteiger partial charge on any atom is 0.123 e. The minimum absolute atomic E-state index is 0.203. The van der Waals surface area contributed by atoms with Crippen LogP contribution < -0.4 is 15.5 Å². The number of hydrogen-bond donors (Lipinski definition) is 3. The van der Waals surface area contributed by atoms with Crippen LogP contribution in [0.2, 0.25) is 0 Å². The zero-order valence-corrected chi connectivity index (χ0v) is 15.7. The molecule has 4 rings (SSSR count). The lowest BCUT2D eigenvalue weighted by Gasteiger charge is -2.38. The highest BCUT2D eigenvalue weighted by Gasteiger charge is 2.34. The fraction of sp³-hybridized carbons (Fsp3) is 0.429. The van der Waals surface area contributed by atoms with Gasteiger partial charge in [-0.25, -0.2) is 4.39 Å². The number of aliphatic hydroxyl groups excluding tert-OH is 1. The van der Waals surface area contributed by atoms with E-state index in [9.17, 15) is 9.50 Å². The van der Waals surface area contributed by atoms with Crippen molar-refractivity contribution in [3.8, 4) is 0 Å². The van der Waals surface area contributed by atoms with Crippen LogP contribution in [-0.4, -0.2) is 54.5 Å². The lowest BCUT2D eigenvalue weighted by atomic mass is 10.0. The van der Waals surface area contributed by atoms with Crippen LogP contribution in [0.3, 0.4) is 0 Å². The van der Waals surface area contributed by atoms with Crippen molar-refractivity contribution in [2.45, 2.75) is 25.1 Å². The van der Waals surface area contributed by atoms with E-state index in [0.29, 0.717) is 13.0 Å². The molecule has 2 aromatic carbocycles. The number of fused-ring (bicyclic) bond motifs is 1. The van der Waals surface area contributed by atoms with Crippen molar-refractivity contribution in [3.63, 3.8) is 0 Å². The van der Waals surface area contributed by atoms with Crippen molar-refractivity contribution in [2.75, 3.05) is 48.3 Å². The van der Waals surface area contributed by atoms with E-state index in [1.807, 2.05) is 24.3 Å². The van der Waals surface area contributed by atoms with E-state index in [2.05, 4.69) is 39.5 Å². The van der Waals surface area contributed by atoms with Gasteiger partial charge < -0.3 is 20.6 Å². The number of rotatable bonds is 5. The molecule has 144 valence electrons. The predicted octanol–water partition coefficient (Wildman–Crippen LogP) is 2.95. The molecule has 2 heterocycles. The molecule has 0 aliphatic carbocycles. The zero-order valence-electron chi connectivity index (χ0n) is 15.7. The van der Waals surface area contributed by atoms with Crippen LogP contribution in [0.4, 0.5) is 21.5 Å². The molecular formula is C21H27FN4O. The summed E-state index contributed by atoms with van der Waals surface area (Å²) in [6, 6.07) is 14.8. The summed E-state index contributed by atoms with van der Waals surface area (Å²) < 4.78 is 13.1. The van der Waals surface area contributed by atoms with Crippen molar-refractivity contribution in [1.82, 2.24) is 4.90 Å². The fourth-order valence-corrected chi connectivity index (χ4v) is 4.10. The first kappa shape index (κ1) is 18.1. The van der Waals surface area contributed by atoms with E-state index in [4.69, 9.17) is 0 Å². The number of aliphatic hydroxyl groups is 1. The molecule has 0 saturated carbocycles. The largest absolute Gasteiger partial charge is 0.392 e. The summed E-state index contributed by atoms with van der Waals surface area (Å²) in [5.74, 6) is -0.203. The van der Waals surface area contributed by atoms with Gasteiger partial charge in [0.25, 0.3) is 0 Å². The normalized spacial score (nSPS) is 19.9. The number of piperazine rings is 1. The molecule has 1 unspecified atom stereocenters. The van der Waals surface area contributed by atoms with Gasteiger partial charge in [0, 0.05) is 44.8 Å². The number of para-hydroxylation sites is 2.